The summed E-state index contributed by atoms with van der Waals surface area (Å²) >= 11 is 0. The molecule has 3 N–H and O–H groups in total. The predicted molar refractivity (Wildman–Crippen MR) is 115 cm³/mol. The van der Waals surface area contributed by atoms with Crippen LogP contribution in [0.1, 0.15) is 47.2 Å². The van der Waals surface area contributed by atoms with Gasteiger partial charge >= 0.3 is 5.92 Å². The summed E-state index contributed by atoms with van der Waals surface area (Å²) in [5.41, 5.74) is 4.35. The first-order valence-electron chi connectivity index (χ1n) is 10.9. The number of carbonyl (C=O) groups is 3. The normalized spacial score (nSPS) is 21.9. The largest absolute Gasteiger partial charge is 0.369 e. The van der Waals surface area contributed by atoms with E-state index in [1.54, 1.807) is 0 Å². The number of benzene rings is 2. The average molecular weight is 477 g/mol. The Kier molecular flexibility index (Phi) is 6.09. The Morgan fingerprint density at radius 1 is 1.00 bits per heavy atom. The Balaban J connectivity index is 1.58. The van der Waals surface area contributed by atoms with E-state index in [9.17, 15) is 23.2 Å². The van der Waals surface area contributed by atoms with Gasteiger partial charge in [0.1, 0.15) is 11.6 Å². The molecule has 2 saturated heterocycles. The molecule has 3 amide bonds. The second-order valence-corrected chi connectivity index (χ2v) is 8.86. The Hall–Kier alpha value is -3.43. The van der Waals surface area contributed by atoms with E-state index in [0.29, 0.717) is 25.0 Å². The van der Waals surface area contributed by atoms with Gasteiger partial charge in [0.05, 0.1) is 5.56 Å². The first kappa shape index (κ1) is 23.7. The number of aryl methyl sites for hydroxylation is 1. The van der Waals surface area contributed by atoms with E-state index in [2.05, 4.69) is 5.32 Å². The maximum absolute atomic E-state index is 15.3. The molecule has 0 saturated carbocycles. The van der Waals surface area contributed by atoms with Crippen molar-refractivity contribution in [2.75, 3.05) is 5.32 Å². The lowest BCUT2D eigenvalue weighted by Gasteiger charge is -2.39. The van der Waals surface area contributed by atoms with E-state index in [-0.39, 0.29) is 29.7 Å². The van der Waals surface area contributed by atoms with Crippen LogP contribution < -0.4 is 11.1 Å². The van der Waals surface area contributed by atoms with Crippen LogP contribution in [0.15, 0.2) is 36.4 Å². The number of carbonyl (C=O) groups excluding carboxylic acids is 3. The van der Waals surface area contributed by atoms with E-state index in [0.717, 1.165) is 17.0 Å². The van der Waals surface area contributed by atoms with E-state index in [4.69, 9.17) is 5.73 Å². The number of halogens is 4. The number of hydrogen-bond donors (Lipinski definition) is 2. The molecule has 10 heteroatoms. The SMILES string of the molecule is Cc1cc(NC(=O)c2ccc(F)c(C(F)(F)C(=O)N3[C@@H]4CC[C@H]3CC(C(N)=O)C4)c2)ccc1F. The number of nitrogens with zero attached hydrogens (tertiary/aromatic N) is 1. The van der Waals surface area contributed by atoms with Crippen LogP contribution in [0, 0.1) is 24.5 Å². The summed E-state index contributed by atoms with van der Waals surface area (Å²) in [6.07, 6.45) is 1.29. The van der Waals surface area contributed by atoms with Gasteiger partial charge in [-0.15, -0.1) is 0 Å². The zero-order valence-electron chi connectivity index (χ0n) is 18.3. The van der Waals surface area contributed by atoms with E-state index < -0.39 is 58.8 Å². The van der Waals surface area contributed by atoms with Crippen molar-refractivity contribution < 1.29 is 31.9 Å². The third kappa shape index (κ3) is 4.24. The summed E-state index contributed by atoms with van der Waals surface area (Å²) in [5, 5.41) is 2.44. The smallest absolute Gasteiger partial charge is 0.352 e. The fraction of sp³-hybridized carbons (Fsp3) is 0.375. The van der Waals surface area contributed by atoms with Crippen molar-refractivity contribution in [1.82, 2.24) is 4.90 Å². The number of fused-ring (bicyclic) bond motifs is 2. The van der Waals surface area contributed by atoms with Crippen molar-refractivity contribution in [3.05, 3.63) is 64.7 Å². The molecule has 0 aromatic heterocycles. The van der Waals surface area contributed by atoms with E-state index in [1.807, 2.05) is 0 Å². The van der Waals surface area contributed by atoms with Crippen LogP contribution in [0.3, 0.4) is 0 Å². The molecule has 4 rings (SSSR count). The second kappa shape index (κ2) is 8.73. The topological polar surface area (TPSA) is 92.5 Å². The van der Waals surface area contributed by atoms with E-state index >= 15 is 8.78 Å². The summed E-state index contributed by atoms with van der Waals surface area (Å²) in [5.74, 6) is -9.44. The van der Waals surface area contributed by atoms with Crippen LogP contribution in [0.2, 0.25) is 0 Å². The number of rotatable bonds is 5. The van der Waals surface area contributed by atoms with Gasteiger partial charge in [0.15, 0.2) is 0 Å². The highest BCUT2D eigenvalue weighted by atomic mass is 19.3. The van der Waals surface area contributed by atoms with Crippen molar-refractivity contribution in [1.29, 1.82) is 0 Å². The number of primary amides is 1. The molecule has 2 aromatic carbocycles. The van der Waals surface area contributed by atoms with Crippen LogP contribution in [0.25, 0.3) is 0 Å². The Bertz CT molecular complexity index is 1160. The summed E-state index contributed by atoms with van der Waals surface area (Å²) in [4.78, 5) is 38.1. The van der Waals surface area contributed by atoms with Crippen molar-refractivity contribution >= 4 is 23.4 Å². The zero-order valence-corrected chi connectivity index (χ0v) is 18.3. The molecular formula is C24H23F4N3O3. The minimum Gasteiger partial charge on any atom is -0.369 e. The van der Waals surface area contributed by atoms with Crippen LogP contribution in [0.4, 0.5) is 23.2 Å². The quantitative estimate of drug-likeness (QED) is 0.641. The highest BCUT2D eigenvalue weighted by Gasteiger charge is 2.53. The van der Waals surface area contributed by atoms with Crippen molar-refractivity contribution in [2.45, 2.75) is 50.6 Å². The van der Waals surface area contributed by atoms with Crippen LogP contribution in [-0.2, 0) is 15.5 Å². The van der Waals surface area contributed by atoms with Gasteiger partial charge in [-0.1, -0.05) is 0 Å². The van der Waals surface area contributed by atoms with Crippen molar-refractivity contribution in [2.24, 2.45) is 11.7 Å². The van der Waals surface area contributed by atoms with Gasteiger partial charge < -0.3 is 16.0 Å². The molecule has 2 aliphatic rings. The van der Waals surface area contributed by atoms with Gasteiger partial charge in [-0.25, -0.2) is 8.78 Å². The maximum Gasteiger partial charge on any atom is 0.352 e. The van der Waals surface area contributed by atoms with Crippen LogP contribution in [0.5, 0.6) is 0 Å². The molecule has 0 spiro atoms. The summed E-state index contributed by atoms with van der Waals surface area (Å²) < 4.78 is 58.5. The monoisotopic (exact) mass is 477 g/mol. The highest BCUT2D eigenvalue weighted by molar-refractivity contribution is 6.04. The molecule has 2 fully saturated rings. The summed E-state index contributed by atoms with van der Waals surface area (Å²) in [6.45, 7) is 1.49. The van der Waals surface area contributed by atoms with Crippen LogP contribution >= 0.6 is 0 Å². The van der Waals surface area contributed by atoms with Gasteiger partial charge in [-0.3, -0.25) is 14.4 Å². The number of piperidine rings is 1. The standard InChI is InChI=1S/C24H23F4N3O3/c1-12-8-15(3-7-19(12)25)30-22(33)13-2-6-20(26)18(11-13)24(27,28)23(34)31-16-4-5-17(31)10-14(9-16)21(29)32/h2-3,6-8,11,14,16-17H,4-5,9-10H2,1H3,(H2,29,32)(H,30,33)/t14?,16-,17+. The van der Waals surface area contributed by atoms with Gasteiger partial charge in [0.2, 0.25) is 5.91 Å². The van der Waals surface area contributed by atoms with E-state index in [1.165, 1.54) is 19.1 Å². The molecule has 2 aromatic rings. The maximum atomic E-state index is 15.3. The average Bonchev–Trinajstić information content (AvgIpc) is 3.04. The van der Waals surface area contributed by atoms with Crippen molar-refractivity contribution in [3.63, 3.8) is 0 Å². The predicted octanol–water partition coefficient (Wildman–Crippen LogP) is 3.87. The molecule has 34 heavy (non-hydrogen) atoms. The molecule has 2 aliphatic heterocycles. The number of nitrogens with two attached hydrogens (primary N) is 1. The third-order valence-electron chi connectivity index (χ3n) is 6.62. The number of hydrogen-bond acceptors (Lipinski definition) is 3. The van der Waals surface area contributed by atoms with Gasteiger partial charge in [-0.2, -0.15) is 8.78 Å². The lowest BCUT2D eigenvalue weighted by Crippen LogP contribution is -2.53. The molecule has 3 atom stereocenters. The Labute approximate surface area is 193 Å². The summed E-state index contributed by atoms with van der Waals surface area (Å²) in [7, 11) is 0. The minimum atomic E-state index is -4.23. The Morgan fingerprint density at radius 2 is 1.62 bits per heavy atom. The fourth-order valence-electron chi connectivity index (χ4n) is 4.85. The first-order valence-corrected chi connectivity index (χ1v) is 10.9. The first-order chi connectivity index (χ1) is 16.0. The molecule has 180 valence electrons. The fourth-order valence-corrected chi connectivity index (χ4v) is 4.85. The van der Waals surface area contributed by atoms with Crippen LogP contribution in [-0.4, -0.2) is 34.7 Å². The molecule has 6 nitrogen and oxygen atoms in total. The Morgan fingerprint density at radius 3 is 2.21 bits per heavy atom. The van der Waals surface area contributed by atoms with Gasteiger partial charge in [-0.05, 0) is 74.6 Å². The molecule has 1 unspecified atom stereocenters. The zero-order chi connectivity index (χ0) is 24.8. The van der Waals surface area contributed by atoms with Crippen molar-refractivity contribution in [3.8, 4) is 0 Å². The molecule has 0 radical (unpaired) electrons. The van der Waals surface area contributed by atoms with Gasteiger partial charge in [0.25, 0.3) is 11.8 Å². The second-order valence-electron chi connectivity index (χ2n) is 8.86. The van der Waals surface area contributed by atoms with Gasteiger partial charge in [0, 0.05) is 29.3 Å². The number of amides is 3. The number of alkyl halides is 2. The minimum absolute atomic E-state index is 0.190. The lowest BCUT2D eigenvalue weighted by atomic mass is 9.89. The lowest BCUT2D eigenvalue weighted by molar-refractivity contribution is -0.165. The number of nitrogens with one attached hydrogen (secondary N) is 1. The number of anilines is 1. The summed E-state index contributed by atoms with van der Waals surface area (Å²) in [6, 6.07) is 5.02. The third-order valence-corrected chi connectivity index (χ3v) is 6.62. The molecule has 2 bridgehead atoms. The molecule has 2 heterocycles. The molecular weight excluding hydrogens is 454 g/mol. The molecule has 0 aliphatic carbocycles. The highest BCUT2D eigenvalue weighted by Crippen LogP contribution is 2.43.